The predicted molar refractivity (Wildman–Crippen MR) is 143 cm³/mol. The first-order valence-corrected chi connectivity index (χ1v) is 12.0. The maximum Gasteiger partial charge on any atom is 0.353 e. The minimum Gasteiger partial charge on any atom is -0.383 e. The van der Waals surface area contributed by atoms with E-state index in [4.69, 9.17) is 32.7 Å². The molecule has 0 bridgehead atoms. The average Bonchev–Trinajstić information content (AvgIpc) is 2.88. The van der Waals surface area contributed by atoms with Crippen LogP contribution in [0.25, 0.3) is 0 Å². The second kappa shape index (κ2) is 13.2. The van der Waals surface area contributed by atoms with Crippen LogP contribution in [0.2, 0.25) is 10.0 Å². The average molecular weight is 545 g/mol. The number of nitrogens with zero attached hydrogens (tertiary/aromatic N) is 5. The number of anilines is 3. The first-order valence-electron chi connectivity index (χ1n) is 11.2. The summed E-state index contributed by atoms with van der Waals surface area (Å²) in [5.41, 5.74) is 2.30. The van der Waals surface area contributed by atoms with Crippen LogP contribution >= 0.6 is 23.2 Å². The van der Waals surface area contributed by atoms with Gasteiger partial charge in [0.1, 0.15) is 6.33 Å². The number of rotatable bonds is 12. The standard InChI is InChI=1S/C25H26Cl2N6O4/c1-16-12-19(20(14-28)17-4-6-18(26)7-5-17)21(27)13-22(16)31-24-23(33(34)35)25(30-15-29-24)32(8-10-36-2)9-11-37-3/h4-7,12-13,15,20H,8-11H2,1-3H3,(H,29,30,31). The minimum atomic E-state index is -0.618. The van der Waals surface area contributed by atoms with Crippen LogP contribution in [-0.4, -0.2) is 55.4 Å². The van der Waals surface area contributed by atoms with Gasteiger partial charge in [-0.15, -0.1) is 0 Å². The Bertz CT molecular complexity index is 1280. The van der Waals surface area contributed by atoms with E-state index < -0.39 is 10.8 Å². The van der Waals surface area contributed by atoms with Gasteiger partial charge >= 0.3 is 5.69 Å². The van der Waals surface area contributed by atoms with Gasteiger partial charge in [-0.3, -0.25) is 10.1 Å². The van der Waals surface area contributed by atoms with Gasteiger partial charge in [0.05, 0.1) is 30.1 Å². The van der Waals surface area contributed by atoms with Crippen LogP contribution in [0.1, 0.15) is 22.6 Å². The summed E-state index contributed by atoms with van der Waals surface area (Å²) < 4.78 is 10.3. The first-order chi connectivity index (χ1) is 17.8. The number of aryl methyl sites for hydroxylation is 1. The van der Waals surface area contributed by atoms with Gasteiger partial charge < -0.3 is 19.7 Å². The van der Waals surface area contributed by atoms with E-state index in [0.29, 0.717) is 47.6 Å². The zero-order valence-corrected chi connectivity index (χ0v) is 22.1. The molecular formula is C25H26Cl2N6O4. The van der Waals surface area contributed by atoms with Crippen molar-refractivity contribution in [1.29, 1.82) is 5.26 Å². The summed E-state index contributed by atoms with van der Waals surface area (Å²) >= 11 is 12.6. The van der Waals surface area contributed by atoms with Gasteiger partial charge in [0, 0.05) is 43.0 Å². The summed E-state index contributed by atoms with van der Waals surface area (Å²) in [4.78, 5) is 21.6. The highest BCUT2D eigenvalue weighted by Crippen LogP contribution is 2.38. The Kier molecular flexibility index (Phi) is 10.00. The van der Waals surface area contributed by atoms with Crippen molar-refractivity contribution < 1.29 is 14.4 Å². The fourth-order valence-corrected chi connectivity index (χ4v) is 4.15. The number of nitro groups is 1. The highest BCUT2D eigenvalue weighted by atomic mass is 35.5. The van der Waals surface area contributed by atoms with Crippen LogP contribution in [0.15, 0.2) is 42.7 Å². The molecule has 1 unspecified atom stereocenters. The van der Waals surface area contributed by atoms with Crippen molar-refractivity contribution in [3.05, 3.63) is 79.6 Å². The van der Waals surface area contributed by atoms with Crippen molar-refractivity contribution in [3.63, 3.8) is 0 Å². The summed E-state index contributed by atoms with van der Waals surface area (Å²) in [6, 6.07) is 12.7. The van der Waals surface area contributed by atoms with Crippen molar-refractivity contribution in [3.8, 4) is 6.07 Å². The van der Waals surface area contributed by atoms with Crippen LogP contribution in [-0.2, 0) is 9.47 Å². The van der Waals surface area contributed by atoms with Crippen LogP contribution in [0.4, 0.5) is 23.0 Å². The third-order valence-corrected chi connectivity index (χ3v) is 6.24. The SMILES string of the molecule is COCCN(CCOC)c1ncnc(Nc2cc(Cl)c(C(C#N)c3ccc(Cl)cc3)cc2C)c1[N+](=O)[O-]. The van der Waals surface area contributed by atoms with E-state index in [1.54, 1.807) is 55.5 Å². The van der Waals surface area contributed by atoms with Crippen molar-refractivity contribution in [2.45, 2.75) is 12.8 Å². The Morgan fingerprint density at radius 2 is 1.78 bits per heavy atom. The fraction of sp³-hybridized carbons (Fsp3) is 0.320. The molecule has 194 valence electrons. The lowest BCUT2D eigenvalue weighted by atomic mass is 9.91. The molecule has 2 aromatic carbocycles. The number of hydrogen-bond donors (Lipinski definition) is 1. The molecule has 0 saturated carbocycles. The van der Waals surface area contributed by atoms with Crippen molar-refractivity contribution in [2.24, 2.45) is 0 Å². The van der Waals surface area contributed by atoms with Gasteiger partial charge in [-0.2, -0.15) is 5.26 Å². The van der Waals surface area contributed by atoms with Crippen molar-refractivity contribution in [1.82, 2.24) is 9.97 Å². The largest absolute Gasteiger partial charge is 0.383 e. The van der Waals surface area contributed by atoms with Gasteiger partial charge in [0.15, 0.2) is 0 Å². The molecule has 12 heteroatoms. The molecule has 1 aromatic heterocycles. The molecule has 0 fully saturated rings. The maximum atomic E-state index is 12.1. The highest BCUT2D eigenvalue weighted by molar-refractivity contribution is 6.32. The molecule has 0 spiro atoms. The minimum absolute atomic E-state index is 0.0104. The number of ether oxygens (including phenoxy) is 2. The fourth-order valence-electron chi connectivity index (χ4n) is 3.75. The van der Waals surface area contributed by atoms with Gasteiger partial charge in [0.25, 0.3) is 0 Å². The lowest BCUT2D eigenvalue weighted by molar-refractivity contribution is -0.383. The summed E-state index contributed by atoms with van der Waals surface area (Å²) in [7, 11) is 3.10. The van der Waals surface area contributed by atoms with E-state index >= 15 is 0 Å². The third kappa shape index (κ3) is 6.84. The number of benzene rings is 2. The molecule has 3 rings (SSSR count). The molecule has 10 nitrogen and oxygen atoms in total. The molecule has 0 saturated heterocycles. The third-order valence-electron chi connectivity index (χ3n) is 5.66. The van der Waals surface area contributed by atoms with Gasteiger partial charge in [0.2, 0.25) is 11.6 Å². The Labute approximate surface area is 224 Å². The van der Waals surface area contributed by atoms with Crippen LogP contribution in [0, 0.1) is 28.4 Å². The molecule has 37 heavy (non-hydrogen) atoms. The zero-order chi connectivity index (χ0) is 26.9. The quantitative estimate of drug-likeness (QED) is 0.232. The highest BCUT2D eigenvalue weighted by Gasteiger charge is 2.28. The smallest absolute Gasteiger partial charge is 0.353 e. The molecule has 0 aliphatic carbocycles. The molecule has 0 radical (unpaired) electrons. The van der Waals surface area contributed by atoms with E-state index in [0.717, 1.165) is 11.1 Å². The molecule has 1 atom stereocenters. The number of methoxy groups -OCH3 is 2. The number of halogens is 2. The second-order valence-electron chi connectivity index (χ2n) is 8.05. The lowest BCUT2D eigenvalue weighted by Crippen LogP contribution is -2.32. The van der Waals surface area contributed by atoms with Gasteiger partial charge in [-0.05, 0) is 41.8 Å². The van der Waals surface area contributed by atoms with Crippen LogP contribution in [0.5, 0.6) is 0 Å². The molecule has 1 N–H and O–H groups in total. The molecule has 3 aromatic rings. The van der Waals surface area contributed by atoms with Crippen LogP contribution in [0.3, 0.4) is 0 Å². The van der Waals surface area contributed by atoms with Crippen molar-refractivity contribution in [2.75, 3.05) is 50.7 Å². The Hall–Kier alpha value is -3.49. The monoisotopic (exact) mass is 544 g/mol. The first kappa shape index (κ1) is 28.1. The molecular weight excluding hydrogens is 519 g/mol. The molecule has 0 amide bonds. The molecule has 1 heterocycles. The van der Waals surface area contributed by atoms with E-state index in [1.165, 1.54) is 6.33 Å². The van der Waals surface area contributed by atoms with Crippen LogP contribution < -0.4 is 10.2 Å². The van der Waals surface area contributed by atoms with E-state index in [2.05, 4.69) is 21.4 Å². The van der Waals surface area contributed by atoms with E-state index in [9.17, 15) is 15.4 Å². The van der Waals surface area contributed by atoms with E-state index in [-0.39, 0.29) is 17.3 Å². The lowest BCUT2D eigenvalue weighted by Gasteiger charge is -2.23. The van der Waals surface area contributed by atoms with Gasteiger partial charge in [-0.1, -0.05) is 41.4 Å². The van der Waals surface area contributed by atoms with Crippen molar-refractivity contribution >= 4 is 46.2 Å². The summed E-state index contributed by atoms with van der Waals surface area (Å²) in [6.07, 6.45) is 1.26. The maximum absolute atomic E-state index is 12.1. The number of nitrogens with one attached hydrogen (secondary N) is 1. The zero-order valence-electron chi connectivity index (χ0n) is 20.6. The summed E-state index contributed by atoms with van der Waals surface area (Å²) in [6.45, 7) is 3.25. The normalized spacial score (nSPS) is 11.6. The Balaban J connectivity index is 1.99. The second-order valence-corrected chi connectivity index (χ2v) is 8.90. The molecule has 0 aliphatic heterocycles. The Morgan fingerprint density at radius 1 is 1.14 bits per heavy atom. The number of aromatic nitrogens is 2. The summed E-state index contributed by atoms with van der Waals surface area (Å²) in [5.74, 6) is -0.465. The summed E-state index contributed by atoms with van der Waals surface area (Å²) in [5, 5.41) is 25.9. The number of hydrogen-bond acceptors (Lipinski definition) is 9. The van der Waals surface area contributed by atoms with E-state index in [1.807, 2.05) is 6.92 Å². The predicted octanol–water partition coefficient (Wildman–Crippen LogP) is 5.50. The number of nitriles is 1. The Morgan fingerprint density at radius 3 is 2.35 bits per heavy atom. The topological polar surface area (TPSA) is 126 Å². The van der Waals surface area contributed by atoms with Gasteiger partial charge in [-0.25, -0.2) is 9.97 Å². The molecule has 0 aliphatic rings.